The topological polar surface area (TPSA) is 160 Å². The van der Waals surface area contributed by atoms with Gasteiger partial charge >= 0.3 is 0 Å². The van der Waals surface area contributed by atoms with Gasteiger partial charge in [0.1, 0.15) is 5.70 Å². The number of carbonyl (C=O) groups is 4. The van der Waals surface area contributed by atoms with Gasteiger partial charge in [0, 0.05) is 40.5 Å². The van der Waals surface area contributed by atoms with E-state index in [1.807, 2.05) is 0 Å². The van der Waals surface area contributed by atoms with Gasteiger partial charge in [0.2, 0.25) is 11.8 Å². The van der Waals surface area contributed by atoms with Crippen LogP contribution in [0.4, 0.5) is 22.7 Å². The lowest BCUT2D eigenvalue weighted by atomic mass is 10.1. The van der Waals surface area contributed by atoms with Gasteiger partial charge in [0.05, 0.1) is 15.7 Å². The third kappa shape index (κ3) is 9.37. The largest absolute Gasteiger partial charge is 0.326 e. The second-order valence-electron chi connectivity index (χ2n) is 9.68. The standard InChI is InChI=1S/C33H29N5O6S/c1-21(31(40)35-26-17-15-25(16-18-26)34-22(2)39)45-28-13-8-12-27(20-28)36-33(42)29(37-32(41)23-9-4-3-5-10-23)19-24-11-6-7-14-30(24)38(43)44/h3-21H,1-2H3,(H,34,39)(H,35,40)(H,36,42)(H,37,41)/b29-19+. The minimum Gasteiger partial charge on any atom is -0.326 e. The summed E-state index contributed by atoms with van der Waals surface area (Å²) in [6, 6.07) is 27.7. The molecule has 4 rings (SSSR count). The Morgan fingerprint density at radius 2 is 1.42 bits per heavy atom. The van der Waals surface area contributed by atoms with Gasteiger partial charge in [0.15, 0.2) is 0 Å². The number of anilines is 3. The number of hydrogen-bond donors (Lipinski definition) is 4. The van der Waals surface area contributed by atoms with E-state index in [9.17, 15) is 29.3 Å². The van der Waals surface area contributed by atoms with Gasteiger partial charge in [0.25, 0.3) is 17.5 Å². The quantitative estimate of drug-likeness (QED) is 0.0682. The molecular weight excluding hydrogens is 594 g/mol. The maximum Gasteiger partial charge on any atom is 0.276 e. The van der Waals surface area contributed by atoms with Crippen LogP contribution in [0.5, 0.6) is 0 Å². The second kappa shape index (κ2) is 15.1. The molecule has 0 saturated heterocycles. The Hall–Kier alpha value is -5.75. The summed E-state index contributed by atoms with van der Waals surface area (Å²) in [6.45, 7) is 3.15. The van der Waals surface area contributed by atoms with E-state index in [0.29, 0.717) is 27.5 Å². The number of hydrogen-bond acceptors (Lipinski definition) is 7. The molecule has 0 saturated carbocycles. The highest BCUT2D eigenvalue weighted by atomic mass is 32.2. The fourth-order valence-corrected chi connectivity index (χ4v) is 4.99. The van der Waals surface area contributed by atoms with Crippen molar-refractivity contribution in [2.24, 2.45) is 0 Å². The van der Waals surface area contributed by atoms with Crippen molar-refractivity contribution < 1.29 is 24.1 Å². The van der Waals surface area contributed by atoms with E-state index in [-0.39, 0.29) is 28.8 Å². The van der Waals surface area contributed by atoms with Gasteiger partial charge in [-0.25, -0.2) is 0 Å². The number of nitrogens with one attached hydrogen (secondary N) is 4. The SMILES string of the molecule is CC(=O)Nc1ccc(NC(=O)C(C)Sc2cccc(NC(=O)/C(=C\c3ccccc3[N+](=O)[O-])NC(=O)c3ccccc3)c2)cc1. The zero-order valence-electron chi connectivity index (χ0n) is 24.3. The molecule has 0 aliphatic heterocycles. The highest BCUT2D eigenvalue weighted by Gasteiger charge is 2.19. The molecule has 0 spiro atoms. The molecule has 4 aromatic carbocycles. The Labute approximate surface area is 263 Å². The summed E-state index contributed by atoms with van der Waals surface area (Å²) in [5, 5.41) is 21.9. The lowest BCUT2D eigenvalue weighted by molar-refractivity contribution is -0.385. The predicted octanol–water partition coefficient (Wildman–Crippen LogP) is 6.08. The summed E-state index contributed by atoms with van der Waals surface area (Å²) in [7, 11) is 0. The highest BCUT2D eigenvalue weighted by molar-refractivity contribution is 8.00. The van der Waals surface area contributed by atoms with Crippen LogP contribution in [0.2, 0.25) is 0 Å². The lowest BCUT2D eigenvalue weighted by Crippen LogP contribution is -2.30. The van der Waals surface area contributed by atoms with Crippen molar-refractivity contribution in [2.45, 2.75) is 24.0 Å². The van der Waals surface area contributed by atoms with Crippen LogP contribution in [0, 0.1) is 10.1 Å². The number of carbonyl (C=O) groups excluding carboxylic acids is 4. The molecule has 1 atom stereocenters. The van der Waals surface area contributed by atoms with Gasteiger partial charge in [-0.2, -0.15) is 0 Å². The first-order chi connectivity index (χ1) is 21.6. The summed E-state index contributed by atoms with van der Waals surface area (Å²) in [5.74, 6) is -1.71. The number of benzene rings is 4. The molecule has 0 aliphatic carbocycles. The summed E-state index contributed by atoms with van der Waals surface area (Å²) < 4.78 is 0. The lowest BCUT2D eigenvalue weighted by Gasteiger charge is -2.14. The highest BCUT2D eigenvalue weighted by Crippen LogP contribution is 2.27. The van der Waals surface area contributed by atoms with E-state index >= 15 is 0 Å². The van der Waals surface area contributed by atoms with Crippen molar-refractivity contribution >= 4 is 64.2 Å². The van der Waals surface area contributed by atoms with Crippen LogP contribution in [0.15, 0.2) is 114 Å². The van der Waals surface area contributed by atoms with Crippen LogP contribution in [-0.4, -0.2) is 33.8 Å². The van der Waals surface area contributed by atoms with E-state index in [0.717, 1.165) is 0 Å². The van der Waals surface area contributed by atoms with E-state index < -0.39 is 22.0 Å². The molecule has 0 bridgehead atoms. The minimum absolute atomic E-state index is 0.134. The third-order valence-corrected chi connectivity index (χ3v) is 7.30. The number of thioether (sulfide) groups is 1. The normalized spacial score (nSPS) is 11.6. The Balaban J connectivity index is 1.48. The molecule has 0 radical (unpaired) electrons. The molecular formula is C33H29N5O6S. The summed E-state index contributed by atoms with van der Waals surface area (Å²) in [5.41, 5.74) is 1.57. The van der Waals surface area contributed by atoms with Crippen molar-refractivity contribution in [3.05, 3.63) is 130 Å². The van der Waals surface area contributed by atoms with E-state index in [4.69, 9.17) is 0 Å². The molecule has 0 fully saturated rings. The molecule has 45 heavy (non-hydrogen) atoms. The summed E-state index contributed by atoms with van der Waals surface area (Å²) >= 11 is 1.27. The van der Waals surface area contributed by atoms with Crippen molar-refractivity contribution in [1.82, 2.24) is 5.32 Å². The number of para-hydroxylation sites is 1. The molecule has 4 amide bonds. The van der Waals surface area contributed by atoms with Crippen molar-refractivity contribution in [3.63, 3.8) is 0 Å². The van der Waals surface area contributed by atoms with Crippen LogP contribution < -0.4 is 21.3 Å². The minimum atomic E-state index is -0.701. The molecule has 4 aromatic rings. The molecule has 11 nitrogen and oxygen atoms in total. The average molecular weight is 624 g/mol. The summed E-state index contributed by atoms with van der Waals surface area (Å²) in [6.07, 6.45) is 1.25. The Morgan fingerprint density at radius 1 is 0.778 bits per heavy atom. The van der Waals surface area contributed by atoms with Gasteiger partial charge in [-0.15, -0.1) is 11.8 Å². The maximum atomic E-state index is 13.4. The molecule has 0 aromatic heterocycles. The predicted molar refractivity (Wildman–Crippen MR) is 175 cm³/mol. The first kappa shape index (κ1) is 32.2. The molecule has 0 heterocycles. The zero-order valence-corrected chi connectivity index (χ0v) is 25.1. The first-order valence-electron chi connectivity index (χ1n) is 13.7. The molecule has 228 valence electrons. The number of nitro groups is 1. The van der Waals surface area contributed by atoms with Crippen LogP contribution in [0.25, 0.3) is 6.08 Å². The number of rotatable bonds is 11. The summed E-state index contributed by atoms with van der Waals surface area (Å²) in [4.78, 5) is 62.1. The second-order valence-corrected chi connectivity index (χ2v) is 11.1. The van der Waals surface area contributed by atoms with E-state index in [1.54, 1.807) is 91.9 Å². The maximum absolute atomic E-state index is 13.4. The number of amides is 4. The average Bonchev–Trinajstić information content (AvgIpc) is 3.02. The van der Waals surface area contributed by atoms with Crippen LogP contribution >= 0.6 is 11.8 Å². The molecule has 0 aliphatic rings. The van der Waals surface area contributed by atoms with Crippen LogP contribution in [0.3, 0.4) is 0 Å². The van der Waals surface area contributed by atoms with Gasteiger partial charge in [-0.3, -0.25) is 29.3 Å². The van der Waals surface area contributed by atoms with Gasteiger partial charge in [-0.1, -0.05) is 36.4 Å². The molecule has 4 N–H and O–H groups in total. The van der Waals surface area contributed by atoms with E-state index in [2.05, 4.69) is 21.3 Å². The fraction of sp³-hybridized carbons (Fsp3) is 0.0909. The smallest absolute Gasteiger partial charge is 0.276 e. The number of nitrogens with zero attached hydrogens (tertiary/aromatic N) is 1. The third-order valence-electron chi connectivity index (χ3n) is 6.21. The van der Waals surface area contributed by atoms with Crippen molar-refractivity contribution in [3.8, 4) is 0 Å². The first-order valence-corrected chi connectivity index (χ1v) is 14.5. The van der Waals surface area contributed by atoms with Crippen LogP contribution in [0.1, 0.15) is 29.8 Å². The molecule has 12 heteroatoms. The van der Waals surface area contributed by atoms with Crippen molar-refractivity contribution in [1.29, 1.82) is 0 Å². The Kier molecular flexibility index (Phi) is 10.8. The monoisotopic (exact) mass is 623 g/mol. The van der Waals surface area contributed by atoms with Crippen molar-refractivity contribution in [2.75, 3.05) is 16.0 Å². The van der Waals surface area contributed by atoms with E-state index in [1.165, 1.54) is 43.0 Å². The van der Waals surface area contributed by atoms with Crippen LogP contribution in [-0.2, 0) is 14.4 Å². The Bertz CT molecular complexity index is 1760. The number of nitro benzene ring substituents is 1. The van der Waals surface area contributed by atoms with Gasteiger partial charge < -0.3 is 21.3 Å². The Morgan fingerprint density at radius 3 is 2.09 bits per heavy atom. The zero-order chi connectivity index (χ0) is 32.3. The fourth-order valence-electron chi connectivity index (χ4n) is 4.06. The van der Waals surface area contributed by atoms with Gasteiger partial charge in [-0.05, 0) is 73.7 Å². The molecule has 1 unspecified atom stereocenters.